The van der Waals surface area contributed by atoms with Crippen molar-refractivity contribution in [2.45, 2.75) is 19.4 Å². The molecule has 1 saturated heterocycles. The molecular weight excluding hydrogens is 220 g/mol. The smallest absolute Gasteiger partial charge is 0.0437 e. The lowest BCUT2D eigenvalue weighted by Crippen LogP contribution is -2.50. The Kier molecular flexibility index (Phi) is 3.85. The Bertz CT molecular complexity index is 365. The van der Waals surface area contributed by atoms with Crippen LogP contribution in [0.15, 0.2) is 18.2 Å². The van der Waals surface area contributed by atoms with Crippen molar-refractivity contribution in [2.24, 2.45) is 0 Å². The lowest BCUT2D eigenvalue weighted by Gasteiger charge is -2.31. The largest absolute Gasteiger partial charge is 0.311 e. The summed E-state index contributed by atoms with van der Waals surface area (Å²) in [7, 11) is 2.18. The van der Waals surface area contributed by atoms with Crippen molar-refractivity contribution in [1.82, 2.24) is 10.2 Å². The molecule has 1 aromatic carbocycles. The van der Waals surface area contributed by atoms with E-state index in [9.17, 15) is 0 Å². The fourth-order valence-electron chi connectivity index (χ4n) is 2.27. The van der Waals surface area contributed by atoms with Gasteiger partial charge in [-0.1, -0.05) is 23.7 Å². The Labute approximate surface area is 103 Å². The third-order valence-electron chi connectivity index (χ3n) is 3.30. The fourth-order valence-corrected chi connectivity index (χ4v) is 2.46. The third kappa shape index (κ3) is 2.76. The predicted molar refractivity (Wildman–Crippen MR) is 69.2 cm³/mol. The molecule has 0 radical (unpaired) electrons. The molecule has 0 aliphatic carbocycles. The third-order valence-corrected chi connectivity index (χ3v) is 3.71. The minimum atomic E-state index is 0.552. The van der Waals surface area contributed by atoms with E-state index >= 15 is 0 Å². The topological polar surface area (TPSA) is 15.3 Å². The molecule has 1 unspecified atom stereocenters. The van der Waals surface area contributed by atoms with Gasteiger partial charge in [-0.2, -0.15) is 0 Å². The van der Waals surface area contributed by atoms with Crippen LogP contribution in [-0.4, -0.2) is 37.6 Å². The SMILES string of the molecule is Cc1c(Cl)cccc1CC1CN(C)CCN1. The van der Waals surface area contributed by atoms with E-state index in [0.717, 1.165) is 31.1 Å². The van der Waals surface area contributed by atoms with Crippen molar-refractivity contribution in [3.8, 4) is 0 Å². The van der Waals surface area contributed by atoms with Crippen LogP contribution < -0.4 is 5.32 Å². The zero-order valence-electron chi connectivity index (χ0n) is 9.96. The molecule has 1 heterocycles. The Morgan fingerprint density at radius 1 is 1.50 bits per heavy atom. The van der Waals surface area contributed by atoms with E-state index < -0.39 is 0 Å². The van der Waals surface area contributed by atoms with Gasteiger partial charge in [0.05, 0.1) is 0 Å². The summed E-state index contributed by atoms with van der Waals surface area (Å²) in [5, 5.41) is 4.44. The second-order valence-corrected chi connectivity index (χ2v) is 5.05. The van der Waals surface area contributed by atoms with Gasteiger partial charge >= 0.3 is 0 Å². The van der Waals surface area contributed by atoms with E-state index in [1.807, 2.05) is 12.1 Å². The molecule has 16 heavy (non-hydrogen) atoms. The number of piperazine rings is 1. The average Bonchev–Trinajstić information content (AvgIpc) is 2.25. The maximum absolute atomic E-state index is 6.13. The minimum absolute atomic E-state index is 0.552. The van der Waals surface area contributed by atoms with E-state index in [4.69, 9.17) is 11.6 Å². The summed E-state index contributed by atoms with van der Waals surface area (Å²) in [5.74, 6) is 0. The van der Waals surface area contributed by atoms with Crippen molar-refractivity contribution in [2.75, 3.05) is 26.7 Å². The Morgan fingerprint density at radius 2 is 2.31 bits per heavy atom. The van der Waals surface area contributed by atoms with Gasteiger partial charge in [-0.25, -0.2) is 0 Å². The molecule has 1 aromatic rings. The normalized spacial score (nSPS) is 22.3. The summed E-state index contributed by atoms with van der Waals surface area (Å²) >= 11 is 6.13. The van der Waals surface area contributed by atoms with Crippen LogP contribution in [0.4, 0.5) is 0 Å². The molecule has 1 atom stereocenters. The number of rotatable bonds is 2. The van der Waals surface area contributed by atoms with Crippen molar-refractivity contribution in [3.05, 3.63) is 34.3 Å². The lowest BCUT2D eigenvalue weighted by molar-refractivity contribution is 0.238. The molecule has 0 saturated carbocycles. The number of nitrogens with one attached hydrogen (secondary N) is 1. The van der Waals surface area contributed by atoms with E-state index in [1.165, 1.54) is 11.1 Å². The molecule has 2 rings (SSSR count). The van der Waals surface area contributed by atoms with Crippen molar-refractivity contribution >= 4 is 11.6 Å². The maximum Gasteiger partial charge on any atom is 0.0437 e. The number of likely N-dealkylation sites (N-methyl/N-ethyl adjacent to an activating group) is 1. The fraction of sp³-hybridized carbons (Fsp3) is 0.538. The van der Waals surface area contributed by atoms with Gasteiger partial charge in [0.2, 0.25) is 0 Å². The number of hydrogen-bond donors (Lipinski definition) is 1. The highest BCUT2D eigenvalue weighted by Crippen LogP contribution is 2.20. The number of hydrogen-bond acceptors (Lipinski definition) is 2. The summed E-state index contributed by atoms with van der Waals surface area (Å²) in [6.45, 7) is 5.45. The van der Waals surface area contributed by atoms with Crippen LogP contribution >= 0.6 is 11.6 Å². The standard InChI is InChI=1S/C13H19ClN2/c1-10-11(4-3-5-13(10)14)8-12-9-16(2)7-6-15-12/h3-5,12,15H,6-9H2,1-2H3. The van der Waals surface area contributed by atoms with E-state index in [1.54, 1.807) is 0 Å². The molecule has 3 heteroatoms. The van der Waals surface area contributed by atoms with Gasteiger partial charge < -0.3 is 10.2 Å². The molecule has 0 bridgehead atoms. The van der Waals surface area contributed by atoms with Gasteiger partial charge in [-0.3, -0.25) is 0 Å². The minimum Gasteiger partial charge on any atom is -0.311 e. The van der Waals surface area contributed by atoms with E-state index in [0.29, 0.717) is 6.04 Å². The van der Waals surface area contributed by atoms with Gasteiger partial charge in [0.15, 0.2) is 0 Å². The molecule has 1 N–H and O–H groups in total. The summed E-state index contributed by atoms with van der Waals surface area (Å²) in [5.41, 5.74) is 2.58. The first kappa shape index (κ1) is 11.9. The molecule has 0 aromatic heterocycles. The second kappa shape index (κ2) is 5.17. The first-order valence-electron chi connectivity index (χ1n) is 5.82. The van der Waals surface area contributed by atoms with Gasteiger partial charge in [-0.15, -0.1) is 0 Å². The number of nitrogens with zero attached hydrogens (tertiary/aromatic N) is 1. The summed E-state index contributed by atoms with van der Waals surface area (Å²) in [6, 6.07) is 6.73. The predicted octanol–water partition coefficient (Wildman–Crippen LogP) is 2.09. The van der Waals surface area contributed by atoms with Crippen LogP contribution in [0.1, 0.15) is 11.1 Å². The highest BCUT2D eigenvalue weighted by Gasteiger charge is 2.17. The lowest BCUT2D eigenvalue weighted by atomic mass is 10.00. The summed E-state index contributed by atoms with van der Waals surface area (Å²) < 4.78 is 0. The first-order valence-corrected chi connectivity index (χ1v) is 6.20. The van der Waals surface area contributed by atoms with Gasteiger partial charge in [0.25, 0.3) is 0 Å². The maximum atomic E-state index is 6.13. The molecule has 1 aliphatic rings. The number of halogens is 1. The van der Waals surface area contributed by atoms with E-state index in [-0.39, 0.29) is 0 Å². The summed E-state index contributed by atoms with van der Waals surface area (Å²) in [6.07, 6.45) is 1.07. The Hall–Kier alpha value is -0.570. The highest BCUT2D eigenvalue weighted by atomic mass is 35.5. The highest BCUT2D eigenvalue weighted by molar-refractivity contribution is 6.31. The van der Waals surface area contributed by atoms with Crippen LogP contribution in [0.3, 0.4) is 0 Å². The monoisotopic (exact) mass is 238 g/mol. The first-order chi connectivity index (χ1) is 7.66. The van der Waals surface area contributed by atoms with Gasteiger partial charge in [-0.05, 0) is 37.6 Å². The number of benzene rings is 1. The van der Waals surface area contributed by atoms with Crippen LogP contribution in [0, 0.1) is 6.92 Å². The van der Waals surface area contributed by atoms with Gasteiger partial charge in [0.1, 0.15) is 0 Å². The Morgan fingerprint density at radius 3 is 3.06 bits per heavy atom. The van der Waals surface area contributed by atoms with Crippen LogP contribution in [0.2, 0.25) is 5.02 Å². The Balaban J connectivity index is 2.05. The zero-order chi connectivity index (χ0) is 11.5. The van der Waals surface area contributed by atoms with Crippen LogP contribution in [-0.2, 0) is 6.42 Å². The summed E-state index contributed by atoms with van der Waals surface area (Å²) in [4.78, 5) is 2.38. The average molecular weight is 239 g/mol. The molecule has 1 fully saturated rings. The molecule has 88 valence electrons. The van der Waals surface area contributed by atoms with Gasteiger partial charge in [0, 0.05) is 30.7 Å². The van der Waals surface area contributed by atoms with Crippen molar-refractivity contribution in [3.63, 3.8) is 0 Å². The van der Waals surface area contributed by atoms with Crippen molar-refractivity contribution < 1.29 is 0 Å². The van der Waals surface area contributed by atoms with E-state index in [2.05, 4.69) is 30.3 Å². The molecule has 0 amide bonds. The molecule has 1 aliphatic heterocycles. The quantitative estimate of drug-likeness (QED) is 0.849. The molecule has 0 spiro atoms. The zero-order valence-corrected chi connectivity index (χ0v) is 10.7. The van der Waals surface area contributed by atoms with Crippen LogP contribution in [0.25, 0.3) is 0 Å². The molecule has 2 nitrogen and oxygen atoms in total. The molecular formula is C13H19ClN2. The van der Waals surface area contributed by atoms with Crippen LogP contribution in [0.5, 0.6) is 0 Å². The van der Waals surface area contributed by atoms with Crippen molar-refractivity contribution in [1.29, 1.82) is 0 Å². The second-order valence-electron chi connectivity index (χ2n) is 4.64.